The fourth-order valence-corrected chi connectivity index (χ4v) is 3.15. The fourth-order valence-electron chi connectivity index (χ4n) is 3.15. The summed E-state index contributed by atoms with van der Waals surface area (Å²) < 4.78 is 21.4. The summed E-state index contributed by atoms with van der Waals surface area (Å²) >= 11 is 0. The number of amides is 1. The number of anilines is 1. The monoisotopic (exact) mass is 343 g/mol. The van der Waals surface area contributed by atoms with Crippen molar-refractivity contribution in [3.05, 3.63) is 41.5 Å². The molecule has 2 aromatic carbocycles. The molecule has 3 rings (SSSR count). The van der Waals surface area contributed by atoms with Gasteiger partial charge in [0.15, 0.2) is 23.0 Å². The second-order valence-corrected chi connectivity index (χ2v) is 5.71. The van der Waals surface area contributed by atoms with E-state index in [-0.39, 0.29) is 11.8 Å². The first-order valence-electron chi connectivity index (χ1n) is 7.89. The zero-order valence-electron chi connectivity index (χ0n) is 14.7. The van der Waals surface area contributed by atoms with Crippen molar-refractivity contribution in [3.63, 3.8) is 0 Å². The topological polar surface area (TPSA) is 66.0 Å². The number of nitrogens with one attached hydrogen (secondary N) is 1. The fraction of sp³-hybridized carbons (Fsp3) is 0.316. The van der Waals surface area contributed by atoms with E-state index < -0.39 is 0 Å². The minimum absolute atomic E-state index is 0.0421. The molecule has 1 aliphatic heterocycles. The van der Waals surface area contributed by atoms with Crippen molar-refractivity contribution in [1.82, 2.24) is 0 Å². The molecular formula is C19H21NO5. The number of hydrogen-bond donors (Lipinski definition) is 1. The zero-order valence-corrected chi connectivity index (χ0v) is 14.7. The third-order valence-electron chi connectivity index (χ3n) is 4.40. The summed E-state index contributed by atoms with van der Waals surface area (Å²) in [6, 6.07) is 9.41. The Kier molecular flexibility index (Phi) is 4.70. The van der Waals surface area contributed by atoms with Gasteiger partial charge in [-0.1, -0.05) is 6.07 Å². The summed E-state index contributed by atoms with van der Waals surface area (Å²) in [7, 11) is 6.35. The minimum Gasteiger partial charge on any atom is -0.493 e. The van der Waals surface area contributed by atoms with Crippen LogP contribution in [0.4, 0.5) is 5.69 Å². The molecule has 0 saturated heterocycles. The molecule has 25 heavy (non-hydrogen) atoms. The van der Waals surface area contributed by atoms with E-state index in [2.05, 4.69) is 5.32 Å². The number of fused-ring (bicyclic) bond motifs is 1. The van der Waals surface area contributed by atoms with Crippen LogP contribution >= 0.6 is 0 Å². The first-order valence-corrected chi connectivity index (χ1v) is 7.89. The highest BCUT2D eigenvalue weighted by Gasteiger charge is 2.29. The number of ether oxygens (including phenoxy) is 4. The average molecular weight is 343 g/mol. The molecule has 132 valence electrons. The van der Waals surface area contributed by atoms with Gasteiger partial charge in [0.25, 0.3) is 0 Å². The Morgan fingerprint density at radius 3 is 2.08 bits per heavy atom. The molecule has 0 aliphatic carbocycles. The van der Waals surface area contributed by atoms with Gasteiger partial charge in [0.2, 0.25) is 5.91 Å². The van der Waals surface area contributed by atoms with Gasteiger partial charge >= 0.3 is 0 Å². The van der Waals surface area contributed by atoms with Crippen LogP contribution in [-0.2, 0) is 4.79 Å². The molecule has 0 saturated carbocycles. The Bertz CT molecular complexity index is 803. The van der Waals surface area contributed by atoms with Gasteiger partial charge in [-0.15, -0.1) is 0 Å². The molecule has 0 spiro atoms. The van der Waals surface area contributed by atoms with Crippen molar-refractivity contribution in [2.45, 2.75) is 12.3 Å². The van der Waals surface area contributed by atoms with Crippen LogP contribution in [-0.4, -0.2) is 34.3 Å². The lowest BCUT2D eigenvalue weighted by atomic mass is 9.84. The summed E-state index contributed by atoms with van der Waals surface area (Å²) in [6.07, 6.45) is 0.345. The normalized spacial score (nSPS) is 15.8. The number of carbonyl (C=O) groups is 1. The maximum Gasteiger partial charge on any atom is 0.225 e. The predicted octanol–water partition coefficient (Wildman–Crippen LogP) is 3.20. The lowest BCUT2D eigenvalue weighted by Crippen LogP contribution is -2.23. The van der Waals surface area contributed by atoms with Gasteiger partial charge in [0, 0.05) is 24.1 Å². The molecule has 6 heteroatoms. The largest absolute Gasteiger partial charge is 0.493 e. The Labute approximate surface area is 146 Å². The standard InChI is InChI=1S/C19H21NO5/c1-22-15-6-5-11(7-16(15)23-2)12-9-19(21)20-14-10-18(25-4)17(24-3)8-13(12)14/h5-8,10,12H,9H2,1-4H3,(H,20,21)/t12-/m0/s1. The summed E-state index contributed by atoms with van der Waals surface area (Å²) in [4.78, 5) is 12.2. The SMILES string of the molecule is COc1ccc([C@@H]2CC(=O)Nc3cc(OC)c(OC)cc32)cc1OC. The molecule has 1 atom stereocenters. The van der Waals surface area contributed by atoms with E-state index in [1.807, 2.05) is 24.3 Å². The smallest absolute Gasteiger partial charge is 0.225 e. The summed E-state index contributed by atoms with van der Waals surface area (Å²) in [5.74, 6) is 2.34. The highest BCUT2D eigenvalue weighted by molar-refractivity contribution is 5.96. The lowest BCUT2D eigenvalue weighted by Gasteiger charge is -2.27. The summed E-state index contributed by atoms with van der Waals surface area (Å²) in [5.41, 5.74) is 2.68. The maximum atomic E-state index is 12.2. The van der Waals surface area contributed by atoms with Gasteiger partial charge in [-0.25, -0.2) is 0 Å². The molecular weight excluding hydrogens is 322 g/mol. The van der Waals surface area contributed by atoms with Crippen LogP contribution in [0.25, 0.3) is 0 Å². The van der Waals surface area contributed by atoms with E-state index in [4.69, 9.17) is 18.9 Å². The van der Waals surface area contributed by atoms with Gasteiger partial charge in [-0.2, -0.15) is 0 Å². The lowest BCUT2D eigenvalue weighted by molar-refractivity contribution is -0.116. The number of benzene rings is 2. The highest BCUT2D eigenvalue weighted by Crippen LogP contribution is 2.44. The molecule has 0 bridgehead atoms. The van der Waals surface area contributed by atoms with Crippen LogP contribution < -0.4 is 24.3 Å². The molecule has 0 radical (unpaired) electrons. The van der Waals surface area contributed by atoms with Crippen LogP contribution in [0.5, 0.6) is 23.0 Å². The Morgan fingerprint density at radius 2 is 1.44 bits per heavy atom. The van der Waals surface area contributed by atoms with Crippen LogP contribution in [0.3, 0.4) is 0 Å². The number of rotatable bonds is 5. The van der Waals surface area contributed by atoms with E-state index in [9.17, 15) is 4.79 Å². The van der Waals surface area contributed by atoms with Crippen LogP contribution in [0, 0.1) is 0 Å². The van der Waals surface area contributed by atoms with Crippen molar-refractivity contribution >= 4 is 11.6 Å². The van der Waals surface area contributed by atoms with Crippen LogP contribution in [0.15, 0.2) is 30.3 Å². The van der Waals surface area contributed by atoms with E-state index >= 15 is 0 Å². The quantitative estimate of drug-likeness (QED) is 0.903. The molecule has 0 fully saturated rings. The second kappa shape index (κ2) is 6.93. The second-order valence-electron chi connectivity index (χ2n) is 5.71. The minimum atomic E-state index is -0.108. The first kappa shape index (κ1) is 17.0. The third kappa shape index (κ3) is 3.07. The third-order valence-corrected chi connectivity index (χ3v) is 4.40. The Balaban J connectivity index is 2.11. The highest BCUT2D eigenvalue weighted by atomic mass is 16.5. The summed E-state index contributed by atoms with van der Waals surface area (Å²) in [5, 5.41) is 2.91. The van der Waals surface area contributed by atoms with Gasteiger partial charge in [0.05, 0.1) is 28.4 Å². The molecule has 1 N–H and O–H groups in total. The van der Waals surface area contributed by atoms with Gasteiger partial charge in [0.1, 0.15) is 0 Å². The molecule has 1 aliphatic rings. The molecule has 0 aromatic heterocycles. The number of methoxy groups -OCH3 is 4. The summed E-state index contributed by atoms with van der Waals surface area (Å²) in [6.45, 7) is 0. The predicted molar refractivity (Wildman–Crippen MR) is 94.2 cm³/mol. The maximum absolute atomic E-state index is 12.2. The van der Waals surface area contributed by atoms with Crippen molar-refractivity contribution in [2.24, 2.45) is 0 Å². The van der Waals surface area contributed by atoms with Gasteiger partial charge in [-0.05, 0) is 29.3 Å². The molecule has 1 amide bonds. The van der Waals surface area contributed by atoms with E-state index in [0.717, 1.165) is 16.8 Å². The van der Waals surface area contributed by atoms with E-state index in [1.165, 1.54) is 0 Å². The molecule has 6 nitrogen and oxygen atoms in total. The molecule has 2 aromatic rings. The molecule has 0 unspecified atom stereocenters. The molecule has 1 heterocycles. The number of hydrogen-bond acceptors (Lipinski definition) is 5. The van der Waals surface area contributed by atoms with Crippen molar-refractivity contribution in [2.75, 3.05) is 33.8 Å². The number of carbonyl (C=O) groups excluding carboxylic acids is 1. The van der Waals surface area contributed by atoms with Crippen LogP contribution in [0.2, 0.25) is 0 Å². The van der Waals surface area contributed by atoms with Crippen molar-refractivity contribution in [3.8, 4) is 23.0 Å². The van der Waals surface area contributed by atoms with Crippen LogP contribution in [0.1, 0.15) is 23.5 Å². The van der Waals surface area contributed by atoms with E-state index in [1.54, 1.807) is 34.5 Å². The average Bonchev–Trinajstić information content (AvgIpc) is 2.65. The zero-order chi connectivity index (χ0) is 18.0. The van der Waals surface area contributed by atoms with E-state index in [0.29, 0.717) is 29.4 Å². The first-order chi connectivity index (χ1) is 12.1. The van der Waals surface area contributed by atoms with Gasteiger partial charge in [-0.3, -0.25) is 4.79 Å². The van der Waals surface area contributed by atoms with Crippen molar-refractivity contribution in [1.29, 1.82) is 0 Å². The van der Waals surface area contributed by atoms with Gasteiger partial charge < -0.3 is 24.3 Å². The van der Waals surface area contributed by atoms with Crippen molar-refractivity contribution < 1.29 is 23.7 Å². The Morgan fingerprint density at radius 1 is 0.840 bits per heavy atom. The Hall–Kier alpha value is -2.89.